The van der Waals surface area contributed by atoms with Crippen LogP contribution in [0.1, 0.15) is 35.4 Å². The average molecular weight is 362 g/mol. The highest BCUT2D eigenvalue weighted by atomic mass is 16.5. The van der Waals surface area contributed by atoms with Crippen molar-refractivity contribution in [1.29, 1.82) is 0 Å². The number of aromatic nitrogens is 2. The van der Waals surface area contributed by atoms with E-state index in [2.05, 4.69) is 49.2 Å². The van der Waals surface area contributed by atoms with Gasteiger partial charge in [-0.2, -0.15) is 0 Å². The molecule has 140 valence electrons. The summed E-state index contributed by atoms with van der Waals surface area (Å²) in [5.41, 5.74) is 9.30. The number of fused-ring (bicyclic) bond motifs is 1. The van der Waals surface area contributed by atoms with Crippen molar-refractivity contribution in [3.63, 3.8) is 0 Å². The number of benzene rings is 1. The van der Waals surface area contributed by atoms with E-state index in [0.29, 0.717) is 6.61 Å². The summed E-state index contributed by atoms with van der Waals surface area (Å²) in [5, 5.41) is 9.09. The molecule has 2 heterocycles. The fourth-order valence-electron chi connectivity index (χ4n) is 4.09. The molecule has 0 saturated heterocycles. The van der Waals surface area contributed by atoms with E-state index in [4.69, 9.17) is 14.8 Å². The van der Waals surface area contributed by atoms with Crippen molar-refractivity contribution in [2.24, 2.45) is 0 Å². The third kappa shape index (κ3) is 3.50. The summed E-state index contributed by atoms with van der Waals surface area (Å²) in [6.45, 7) is 4.54. The molecule has 0 atom stereocenters. The van der Waals surface area contributed by atoms with E-state index in [1.165, 1.54) is 29.5 Å². The van der Waals surface area contributed by atoms with Gasteiger partial charge in [-0.3, -0.25) is 0 Å². The van der Waals surface area contributed by atoms with E-state index in [1.54, 1.807) is 0 Å². The van der Waals surface area contributed by atoms with Gasteiger partial charge in [0, 0.05) is 22.5 Å². The minimum Gasteiger partial charge on any atom is -0.491 e. The number of aliphatic hydroxyl groups excluding tert-OH is 1. The Labute approximate surface area is 160 Å². The van der Waals surface area contributed by atoms with Crippen LogP contribution in [0.2, 0.25) is 0 Å². The van der Waals surface area contributed by atoms with Crippen molar-refractivity contribution >= 4 is 0 Å². The van der Waals surface area contributed by atoms with Crippen molar-refractivity contribution in [1.82, 2.24) is 9.97 Å². The number of aryl methyl sites for hydroxylation is 2. The second-order valence-corrected chi connectivity index (χ2v) is 7.25. The molecule has 2 aromatic heterocycles. The molecule has 27 heavy (non-hydrogen) atoms. The van der Waals surface area contributed by atoms with Gasteiger partial charge in [0.15, 0.2) is 0 Å². The first-order valence-corrected chi connectivity index (χ1v) is 9.70. The number of rotatable bonds is 5. The molecule has 3 aromatic rings. The average Bonchev–Trinajstić information content (AvgIpc) is 3.04. The Kier molecular flexibility index (Phi) is 4.99. The lowest BCUT2D eigenvalue weighted by atomic mass is 9.86. The molecule has 2 N–H and O–H groups in total. The molecule has 0 fully saturated rings. The monoisotopic (exact) mass is 362 g/mol. The van der Waals surface area contributed by atoms with Gasteiger partial charge in [0.1, 0.15) is 12.4 Å². The highest BCUT2D eigenvalue weighted by molar-refractivity contribution is 5.72. The van der Waals surface area contributed by atoms with Crippen LogP contribution in [-0.4, -0.2) is 28.3 Å². The summed E-state index contributed by atoms with van der Waals surface area (Å²) in [6.07, 6.45) is 4.45. The molecule has 0 amide bonds. The fourth-order valence-corrected chi connectivity index (χ4v) is 4.09. The largest absolute Gasteiger partial charge is 0.491 e. The van der Waals surface area contributed by atoms with E-state index >= 15 is 0 Å². The number of ether oxygens (including phenoxy) is 1. The predicted molar refractivity (Wildman–Crippen MR) is 108 cm³/mol. The van der Waals surface area contributed by atoms with Gasteiger partial charge in [-0.25, -0.2) is 4.98 Å². The summed E-state index contributed by atoms with van der Waals surface area (Å²) in [4.78, 5) is 8.35. The smallest absolute Gasteiger partial charge is 0.122 e. The molecule has 4 heteroatoms. The molecule has 0 bridgehead atoms. The third-order valence-electron chi connectivity index (χ3n) is 5.29. The normalized spacial score (nSPS) is 13.4. The van der Waals surface area contributed by atoms with Gasteiger partial charge >= 0.3 is 0 Å². The van der Waals surface area contributed by atoms with Crippen molar-refractivity contribution in [2.75, 3.05) is 13.2 Å². The molecule has 0 radical (unpaired) electrons. The van der Waals surface area contributed by atoms with Gasteiger partial charge < -0.3 is 14.8 Å². The van der Waals surface area contributed by atoms with Crippen molar-refractivity contribution in [2.45, 2.75) is 39.5 Å². The number of nitrogens with one attached hydrogen (secondary N) is 1. The molecular weight excluding hydrogens is 336 g/mol. The maximum atomic E-state index is 9.09. The Hall–Kier alpha value is -2.59. The first kappa shape index (κ1) is 17.8. The summed E-state index contributed by atoms with van der Waals surface area (Å²) in [6, 6.07) is 12.6. The highest BCUT2D eigenvalue weighted by Crippen LogP contribution is 2.37. The topological polar surface area (TPSA) is 58.1 Å². The molecule has 1 aromatic carbocycles. The van der Waals surface area contributed by atoms with Crippen LogP contribution >= 0.6 is 0 Å². The Balaban J connectivity index is 1.78. The van der Waals surface area contributed by atoms with E-state index in [9.17, 15) is 0 Å². The van der Waals surface area contributed by atoms with Crippen molar-refractivity contribution in [3.05, 3.63) is 58.9 Å². The number of H-pyrrole nitrogens is 1. The molecule has 4 nitrogen and oxygen atoms in total. The van der Waals surface area contributed by atoms with Crippen LogP contribution in [0.15, 0.2) is 36.4 Å². The number of pyridine rings is 1. The molecule has 1 aliphatic carbocycles. The Morgan fingerprint density at radius 1 is 1.00 bits per heavy atom. The lowest BCUT2D eigenvalue weighted by Crippen LogP contribution is -2.10. The summed E-state index contributed by atoms with van der Waals surface area (Å²) >= 11 is 0. The second kappa shape index (κ2) is 7.57. The minimum atomic E-state index is 0.0373. The van der Waals surface area contributed by atoms with Crippen LogP contribution in [0.3, 0.4) is 0 Å². The zero-order chi connectivity index (χ0) is 18.8. The first-order chi connectivity index (χ1) is 13.2. The van der Waals surface area contributed by atoms with Crippen molar-refractivity contribution in [3.8, 4) is 28.3 Å². The fraction of sp³-hybridized carbons (Fsp3) is 0.348. The van der Waals surface area contributed by atoms with Crippen LogP contribution in [0.4, 0.5) is 0 Å². The molecular formula is C23H26N2O2. The predicted octanol–water partition coefficient (Wildman–Crippen LogP) is 4.61. The second-order valence-electron chi connectivity index (χ2n) is 7.25. The lowest BCUT2D eigenvalue weighted by molar-refractivity contribution is 0.200. The van der Waals surface area contributed by atoms with E-state index < -0.39 is 0 Å². The quantitative estimate of drug-likeness (QED) is 0.697. The van der Waals surface area contributed by atoms with Crippen molar-refractivity contribution < 1.29 is 9.84 Å². The number of aromatic amines is 1. The van der Waals surface area contributed by atoms with Gasteiger partial charge in [0.2, 0.25) is 0 Å². The van der Waals surface area contributed by atoms with Gasteiger partial charge in [0.25, 0.3) is 0 Å². The Bertz CT molecular complexity index is 959. The molecule has 4 rings (SSSR count). The molecule has 0 spiro atoms. The first-order valence-electron chi connectivity index (χ1n) is 9.70. The zero-order valence-electron chi connectivity index (χ0n) is 16.0. The number of aliphatic hydroxyl groups is 1. The Morgan fingerprint density at radius 2 is 1.74 bits per heavy atom. The number of hydrogen-bond donors (Lipinski definition) is 2. The van der Waals surface area contributed by atoms with Crippen LogP contribution in [0.25, 0.3) is 22.5 Å². The summed E-state index contributed by atoms with van der Waals surface area (Å²) < 4.78 is 5.78. The van der Waals surface area contributed by atoms with E-state index in [-0.39, 0.29) is 6.61 Å². The standard InChI is InChI=1S/C23H26N2O2/c1-15-14-20(16(2)24-15)22-9-5-8-21(25-22)18-10-11-23(27-13-12-26)19-7-4-3-6-17(18)19/h5,8-11,14,24,26H,3-4,6-7,12-13H2,1-2H3. The minimum absolute atomic E-state index is 0.0373. The van der Waals surface area contributed by atoms with Gasteiger partial charge in [-0.15, -0.1) is 0 Å². The highest BCUT2D eigenvalue weighted by Gasteiger charge is 2.20. The van der Waals surface area contributed by atoms with Gasteiger partial charge in [-0.05, 0) is 81.0 Å². The van der Waals surface area contributed by atoms with Crippen LogP contribution in [0, 0.1) is 13.8 Å². The summed E-state index contributed by atoms with van der Waals surface area (Å²) in [7, 11) is 0. The summed E-state index contributed by atoms with van der Waals surface area (Å²) in [5.74, 6) is 0.913. The zero-order valence-corrected chi connectivity index (χ0v) is 16.0. The molecule has 1 aliphatic rings. The lowest BCUT2D eigenvalue weighted by Gasteiger charge is -2.22. The maximum absolute atomic E-state index is 9.09. The van der Waals surface area contributed by atoms with Gasteiger partial charge in [-0.1, -0.05) is 6.07 Å². The van der Waals surface area contributed by atoms with Crippen LogP contribution in [-0.2, 0) is 12.8 Å². The van der Waals surface area contributed by atoms with E-state index in [0.717, 1.165) is 46.9 Å². The molecule has 0 saturated carbocycles. The van der Waals surface area contributed by atoms with Crippen LogP contribution in [0.5, 0.6) is 5.75 Å². The molecule has 0 aliphatic heterocycles. The Morgan fingerprint density at radius 3 is 2.44 bits per heavy atom. The number of hydrogen-bond acceptors (Lipinski definition) is 3. The number of nitrogens with zero attached hydrogens (tertiary/aromatic N) is 1. The van der Waals surface area contributed by atoms with Crippen LogP contribution < -0.4 is 4.74 Å². The third-order valence-corrected chi connectivity index (χ3v) is 5.29. The van der Waals surface area contributed by atoms with Gasteiger partial charge in [0.05, 0.1) is 18.0 Å². The maximum Gasteiger partial charge on any atom is 0.122 e. The SMILES string of the molecule is Cc1cc(-c2cccc(-c3ccc(OCCO)c4c3CCCC4)n2)c(C)[nH]1. The van der Waals surface area contributed by atoms with E-state index in [1.807, 2.05) is 6.07 Å². The molecule has 0 unspecified atom stereocenters.